The first kappa shape index (κ1) is 19.2. The molecule has 1 aromatic carbocycles. The Morgan fingerprint density at radius 3 is 2.25 bits per heavy atom. The Bertz CT molecular complexity index is 584. The molecular weight excluding hydrogens is 312 g/mol. The minimum absolute atomic E-state index is 0.0213. The molecule has 0 saturated carbocycles. The number of esters is 2. The largest absolute Gasteiger partial charge is 0.466 e. The van der Waals surface area contributed by atoms with Crippen molar-refractivity contribution in [3.63, 3.8) is 0 Å². The molecule has 0 spiro atoms. The van der Waals surface area contributed by atoms with E-state index < -0.39 is 18.0 Å². The number of carbonyl (C=O) groups is 3. The first-order valence-electron chi connectivity index (χ1n) is 7.47. The number of benzene rings is 1. The molecule has 0 aliphatic heterocycles. The van der Waals surface area contributed by atoms with Gasteiger partial charge in [-0.25, -0.2) is 14.4 Å². The van der Waals surface area contributed by atoms with Crippen molar-refractivity contribution < 1.29 is 23.9 Å². The number of amides is 2. The van der Waals surface area contributed by atoms with Crippen molar-refractivity contribution >= 4 is 18.0 Å². The maximum absolute atomic E-state index is 11.9. The van der Waals surface area contributed by atoms with E-state index in [1.165, 1.54) is 7.11 Å². The molecule has 7 heteroatoms. The highest BCUT2D eigenvalue weighted by Crippen LogP contribution is 2.13. The fraction of sp³-hybridized carbons (Fsp3) is 0.353. The molecule has 0 bridgehead atoms. The molecule has 24 heavy (non-hydrogen) atoms. The van der Waals surface area contributed by atoms with Crippen molar-refractivity contribution in [1.82, 2.24) is 10.6 Å². The van der Waals surface area contributed by atoms with Crippen LogP contribution in [0.2, 0.25) is 0 Å². The minimum Gasteiger partial charge on any atom is -0.466 e. The van der Waals surface area contributed by atoms with Gasteiger partial charge in [0.25, 0.3) is 0 Å². The predicted octanol–water partition coefficient (Wildman–Crippen LogP) is 1.71. The molecule has 0 aliphatic carbocycles. The second-order valence-corrected chi connectivity index (χ2v) is 5.22. The van der Waals surface area contributed by atoms with Crippen molar-refractivity contribution in [2.45, 2.75) is 25.9 Å². The minimum atomic E-state index is -0.701. The summed E-state index contributed by atoms with van der Waals surface area (Å²) in [4.78, 5) is 34.5. The highest BCUT2D eigenvalue weighted by Gasteiger charge is 2.16. The van der Waals surface area contributed by atoms with Crippen LogP contribution in [0, 0.1) is 0 Å². The SMILES string of the molecule is COC(=O)/C=C/C(=O)OC[C@@H](NC(=O)NC(C)C)c1ccccc1. The highest BCUT2D eigenvalue weighted by molar-refractivity contribution is 5.91. The molecule has 1 rings (SSSR count). The van der Waals surface area contributed by atoms with Gasteiger partial charge in [-0.1, -0.05) is 30.3 Å². The van der Waals surface area contributed by atoms with Crippen LogP contribution in [0.3, 0.4) is 0 Å². The Labute approximate surface area is 141 Å². The van der Waals surface area contributed by atoms with Gasteiger partial charge in [0, 0.05) is 18.2 Å². The highest BCUT2D eigenvalue weighted by atomic mass is 16.5. The first-order chi connectivity index (χ1) is 11.4. The Morgan fingerprint density at radius 2 is 1.67 bits per heavy atom. The lowest BCUT2D eigenvalue weighted by atomic mass is 10.1. The quantitative estimate of drug-likeness (QED) is 0.585. The predicted molar refractivity (Wildman–Crippen MR) is 88.1 cm³/mol. The van der Waals surface area contributed by atoms with Crippen molar-refractivity contribution in [2.24, 2.45) is 0 Å². The normalized spacial score (nSPS) is 11.8. The molecular formula is C17H22N2O5. The van der Waals surface area contributed by atoms with Crippen LogP contribution in [0.25, 0.3) is 0 Å². The molecule has 2 amide bonds. The summed E-state index contributed by atoms with van der Waals surface area (Å²) in [6, 6.07) is 8.23. The zero-order valence-electron chi connectivity index (χ0n) is 13.9. The summed E-state index contributed by atoms with van der Waals surface area (Å²) in [6.07, 6.45) is 1.95. The third kappa shape index (κ3) is 7.44. The number of hydrogen-bond donors (Lipinski definition) is 2. The van der Waals surface area contributed by atoms with Gasteiger partial charge in [0.15, 0.2) is 0 Å². The van der Waals surface area contributed by atoms with E-state index in [0.717, 1.165) is 17.7 Å². The van der Waals surface area contributed by atoms with Crippen LogP contribution in [0.4, 0.5) is 4.79 Å². The Hall–Kier alpha value is -2.83. The molecule has 0 saturated heterocycles. The van der Waals surface area contributed by atoms with Gasteiger partial charge >= 0.3 is 18.0 Å². The van der Waals surface area contributed by atoms with E-state index in [2.05, 4.69) is 15.4 Å². The van der Waals surface area contributed by atoms with Crippen LogP contribution in [0.1, 0.15) is 25.5 Å². The molecule has 0 radical (unpaired) electrons. The van der Waals surface area contributed by atoms with Crippen molar-refractivity contribution in [3.8, 4) is 0 Å². The molecule has 130 valence electrons. The zero-order chi connectivity index (χ0) is 17.9. The third-order valence-corrected chi connectivity index (χ3v) is 2.88. The maximum Gasteiger partial charge on any atom is 0.331 e. The summed E-state index contributed by atoms with van der Waals surface area (Å²) in [5, 5.41) is 5.47. The molecule has 1 aromatic rings. The summed E-state index contributed by atoms with van der Waals surface area (Å²) >= 11 is 0. The molecule has 7 nitrogen and oxygen atoms in total. The van der Waals surface area contributed by atoms with Crippen molar-refractivity contribution in [1.29, 1.82) is 0 Å². The number of carbonyl (C=O) groups excluding carboxylic acids is 3. The third-order valence-electron chi connectivity index (χ3n) is 2.88. The maximum atomic E-state index is 11.9. The van der Waals surface area contributed by atoms with Crippen LogP contribution in [-0.4, -0.2) is 37.7 Å². The molecule has 0 unspecified atom stereocenters. The van der Waals surface area contributed by atoms with Crippen LogP contribution in [0.15, 0.2) is 42.5 Å². The van der Waals surface area contributed by atoms with Gasteiger partial charge in [-0.05, 0) is 19.4 Å². The van der Waals surface area contributed by atoms with Crippen molar-refractivity contribution in [2.75, 3.05) is 13.7 Å². The summed E-state index contributed by atoms with van der Waals surface area (Å²) in [5.41, 5.74) is 0.793. The van der Waals surface area contributed by atoms with Crippen LogP contribution in [0.5, 0.6) is 0 Å². The summed E-state index contributed by atoms with van der Waals surface area (Å²) in [7, 11) is 1.21. The molecule has 0 heterocycles. The van der Waals surface area contributed by atoms with E-state index in [-0.39, 0.29) is 18.7 Å². The Kier molecular flexibility index (Phi) is 8.04. The number of nitrogens with one attached hydrogen (secondary N) is 2. The fourth-order valence-corrected chi connectivity index (χ4v) is 1.79. The topological polar surface area (TPSA) is 93.7 Å². The van der Waals surface area contributed by atoms with E-state index in [0.29, 0.717) is 0 Å². The molecule has 1 atom stereocenters. The monoisotopic (exact) mass is 334 g/mol. The average molecular weight is 334 g/mol. The second-order valence-electron chi connectivity index (χ2n) is 5.22. The van der Waals surface area contributed by atoms with Gasteiger partial charge in [0.2, 0.25) is 0 Å². The van der Waals surface area contributed by atoms with Gasteiger partial charge in [0.05, 0.1) is 13.2 Å². The van der Waals surface area contributed by atoms with Crippen LogP contribution in [-0.2, 0) is 19.1 Å². The molecule has 0 aliphatic rings. The summed E-state index contributed by atoms with van der Waals surface area (Å²) in [6.45, 7) is 3.61. The Balaban J connectivity index is 2.69. The number of ether oxygens (including phenoxy) is 2. The number of methoxy groups -OCH3 is 1. The summed E-state index contributed by atoms with van der Waals surface area (Å²) < 4.78 is 9.47. The van der Waals surface area contributed by atoms with Crippen molar-refractivity contribution in [3.05, 3.63) is 48.0 Å². The van der Waals surface area contributed by atoms with Gasteiger partial charge in [0.1, 0.15) is 6.61 Å². The molecule has 0 aromatic heterocycles. The molecule has 0 fully saturated rings. The Morgan fingerprint density at radius 1 is 1.04 bits per heavy atom. The van der Waals surface area contributed by atoms with E-state index in [4.69, 9.17) is 4.74 Å². The van der Waals surface area contributed by atoms with Gasteiger partial charge in [-0.15, -0.1) is 0 Å². The standard InChI is InChI=1S/C17H22N2O5/c1-12(2)18-17(22)19-14(13-7-5-4-6-8-13)11-24-16(21)10-9-15(20)23-3/h4-10,12,14H,11H2,1-3H3,(H2,18,19,22)/b10-9+/t14-/m1/s1. The zero-order valence-corrected chi connectivity index (χ0v) is 13.9. The lowest BCUT2D eigenvalue weighted by Crippen LogP contribution is -2.42. The van der Waals surface area contributed by atoms with Crippen LogP contribution >= 0.6 is 0 Å². The van der Waals surface area contributed by atoms with E-state index >= 15 is 0 Å². The lowest BCUT2D eigenvalue weighted by Gasteiger charge is -2.20. The first-order valence-corrected chi connectivity index (χ1v) is 7.47. The second kappa shape index (κ2) is 10.0. The number of rotatable bonds is 7. The van der Waals surface area contributed by atoms with Crippen LogP contribution < -0.4 is 10.6 Å². The number of hydrogen-bond acceptors (Lipinski definition) is 5. The van der Waals surface area contributed by atoms with E-state index in [9.17, 15) is 14.4 Å². The smallest absolute Gasteiger partial charge is 0.331 e. The fourth-order valence-electron chi connectivity index (χ4n) is 1.79. The van der Waals surface area contributed by atoms with E-state index in [1.807, 2.05) is 44.2 Å². The number of urea groups is 1. The molecule has 2 N–H and O–H groups in total. The van der Waals surface area contributed by atoms with E-state index in [1.54, 1.807) is 0 Å². The van der Waals surface area contributed by atoms with Gasteiger partial charge in [-0.3, -0.25) is 0 Å². The average Bonchev–Trinajstić information content (AvgIpc) is 2.56. The van der Waals surface area contributed by atoms with Gasteiger partial charge in [-0.2, -0.15) is 0 Å². The summed E-state index contributed by atoms with van der Waals surface area (Å²) in [5.74, 6) is -1.35. The van der Waals surface area contributed by atoms with Gasteiger partial charge < -0.3 is 20.1 Å². The lowest BCUT2D eigenvalue weighted by molar-refractivity contribution is -0.139.